The highest BCUT2D eigenvalue weighted by Gasteiger charge is 2.49. The van der Waals surface area contributed by atoms with Gasteiger partial charge in [0.2, 0.25) is 35.7 Å². The molecule has 0 unspecified atom stereocenters. The minimum absolute atomic E-state index is 0.0731. The van der Waals surface area contributed by atoms with Gasteiger partial charge < -0.3 is 75.5 Å². The molecule has 24 heteroatoms. The third-order valence-corrected chi connectivity index (χ3v) is 25.1. The van der Waals surface area contributed by atoms with Crippen molar-refractivity contribution in [3.63, 3.8) is 0 Å². The maximum atomic E-state index is 7.51. The minimum Gasteiger partial charge on any atom is -0.462 e. The maximum Gasteiger partial charge on any atom is 0.323 e. The first-order valence-corrected chi connectivity index (χ1v) is 46.2. The summed E-state index contributed by atoms with van der Waals surface area (Å²) < 4.78 is 22.5. The molecule has 3 aromatic heterocycles. The molecule has 0 atom stereocenters. The number of unbranched alkanes of at least 4 members (excludes halogenated alkanes) is 6. The van der Waals surface area contributed by atoms with Gasteiger partial charge in [-0.1, -0.05) is 80.1 Å². The number of nitrogens with zero attached hydrogens (tertiary/aromatic N) is 15. The van der Waals surface area contributed by atoms with Gasteiger partial charge >= 0.3 is 18.0 Å². The average molecular weight is 1620 g/mol. The lowest BCUT2D eigenvalue weighted by molar-refractivity contribution is 0.0372. The van der Waals surface area contributed by atoms with Gasteiger partial charge in [-0.3, -0.25) is 0 Å². The summed E-state index contributed by atoms with van der Waals surface area (Å²) in [7, 11) is 0. The van der Waals surface area contributed by atoms with Crippen LogP contribution in [0.3, 0.4) is 0 Å². The molecule has 0 amide bonds. The molecular formula is C92H171N21O3. The van der Waals surface area contributed by atoms with Gasteiger partial charge in [0.25, 0.3) is 0 Å². The molecule has 3 aromatic rings. The van der Waals surface area contributed by atoms with Crippen molar-refractivity contribution in [2.24, 2.45) is 5.41 Å². The van der Waals surface area contributed by atoms with E-state index in [0.717, 1.165) is 193 Å². The molecule has 662 valence electrons. The molecule has 0 spiro atoms. The topological polar surface area (TPSA) is 235 Å². The molecule has 6 fully saturated rings. The molecule has 9 rings (SSSR count). The van der Waals surface area contributed by atoms with E-state index in [0.29, 0.717) is 35.7 Å². The molecule has 6 aliphatic heterocycles. The second-order valence-corrected chi connectivity index (χ2v) is 45.3. The van der Waals surface area contributed by atoms with Crippen LogP contribution in [0.25, 0.3) is 0 Å². The Morgan fingerprint density at radius 2 is 0.371 bits per heavy atom. The second-order valence-electron chi connectivity index (χ2n) is 45.3. The van der Waals surface area contributed by atoms with Crippen LogP contribution in [0.15, 0.2) is 0 Å². The predicted octanol–water partition coefficient (Wildman–Crippen LogP) is 17.3. The van der Waals surface area contributed by atoms with Gasteiger partial charge in [-0.05, 0) is 289 Å². The van der Waals surface area contributed by atoms with E-state index in [2.05, 4.69) is 276 Å². The lowest BCUT2D eigenvalue weighted by Crippen LogP contribution is -2.63. The Labute approximate surface area is 706 Å². The molecule has 24 nitrogen and oxygen atoms in total. The van der Waals surface area contributed by atoms with Gasteiger partial charge in [-0.15, -0.1) is 0 Å². The largest absolute Gasteiger partial charge is 0.462 e. The first-order chi connectivity index (χ1) is 53.7. The minimum atomic E-state index is -0.991. The van der Waals surface area contributed by atoms with Crippen LogP contribution in [0.2, 0.25) is 0 Å². The lowest BCUT2D eigenvalue weighted by Gasteiger charge is -2.50. The number of hydrogen-bond acceptors (Lipinski definition) is 24. The summed E-state index contributed by atoms with van der Waals surface area (Å²) in [5.41, 5.74) is -2.64. The summed E-state index contributed by atoms with van der Waals surface area (Å²) in [5, 5.41) is 24.0. The van der Waals surface area contributed by atoms with Crippen LogP contribution < -0.4 is 75.5 Å². The van der Waals surface area contributed by atoms with Crippen molar-refractivity contribution >= 4 is 35.7 Å². The highest BCUT2D eigenvalue weighted by Crippen LogP contribution is 2.43. The summed E-state index contributed by atoms with van der Waals surface area (Å²) in [5.74, 6) is 3.91. The van der Waals surface area contributed by atoms with E-state index < -0.39 is 5.41 Å². The van der Waals surface area contributed by atoms with Crippen LogP contribution in [-0.4, -0.2) is 207 Å². The van der Waals surface area contributed by atoms with E-state index in [1.165, 1.54) is 0 Å². The molecule has 6 N–H and O–H groups in total. The third-order valence-electron chi connectivity index (χ3n) is 25.1. The Morgan fingerprint density at radius 1 is 0.241 bits per heavy atom. The zero-order valence-electron chi connectivity index (χ0n) is 79.7. The third kappa shape index (κ3) is 27.0. The van der Waals surface area contributed by atoms with Gasteiger partial charge in [-0.2, -0.15) is 44.9 Å². The van der Waals surface area contributed by atoms with Crippen LogP contribution in [0.1, 0.15) is 369 Å². The lowest BCUT2D eigenvalue weighted by atomic mass is 9.79. The van der Waals surface area contributed by atoms with Crippen LogP contribution >= 0.6 is 0 Å². The Hall–Kier alpha value is -5.01. The van der Waals surface area contributed by atoms with Crippen molar-refractivity contribution in [3.05, 3.63) is 0 Å². The smallest absolute Gasteiger partial charge is 0.323 e. The average Bonchev–Trinajstić information content (AvgIpc) is 0.788. The molecule has 0 aliphatic carbocycles. The van der Waals surface area contributed by atoms with Gasteiger partial charge in [-0.25, -0.2) is 0 Å². The van der Waals surface area contributed by atoms with Crippen molar-refractivity contribution in [1.29, 1.82) is 0 Å². The zero-order chi connectivity index (χ0) is 85.7. The Balaban J connectivity index is 1.26. The number of nitrogens with one attached hydrogen (secondary N) is 6. The molecule has 9 heterocycles. The van der Waals surface area contributed by atoms with Crippen LogP contribution in [0.5, 0.6) is 18.0 Å². The van der Waals surface area contributed by atoms with Gasteiger partial charge in [0, 0.05) is 142 Å². The molecule has 0 saturated carbocycles. The molecule has 6 aliphatic rings. The number of piperidine rings is 6. The molecule has 0 aromatic carbocycles. The van der Waals surface area contributed by atoms with Crippen molar-refractivity contribution in [2.45, 2.75) is 471 Å². The monoisotopic (exact) mass is 1620 g/mol. The van der Waals surface area contributed by atoms with Gasteiger partial charge in [0.15, 0.2) is 0 Å². The van der Waals surface area contributed by atoms with E-state index in [1.54, 1.807) is 0 Å². The first kappa shape index (κ1) is 94.8. The fourth-order valence-corrected chi connectivity index (χ4v) is 22.4. The first-order valence-electron chi connectivity index (χ1n) is 46.2. The second kappa shape index (κ2) is 37.4. The number of hydrogen-bond donors (Lipinski definition) is 6. The highest BCUT2D eigenvalue weighted by molar-refractivity contribution is 5.47. The van der Waals surface area contributed by atoms with Crippen molar-refractivity contribution in [2.75, 3.05) is 88.5 Å². The van der Waals surface area contributed by atoms with Crippen molar-refractivity contribution in [3.8, 4) is 18.0 Å². The van der Waals surface area contributed by atoms with Crippen LogP contribution in [0, 0.1) is 5.41 Å². The fraction of sp³-hybridized carbons (Fsp3) is 0.902. The molecule has 0 radical (unpaired) electrons. The van der Waals surface area contributed by atoms with Gasteiger partial charge in [0.05, 0.1) is 5.41 Å². The Morgan fingerprint density at radius 3 is 0.491 bits per heavy atom. The SMILES string of the molecule is CCCCN(c1nc(OCC(C)(COc2nc(N(CCCC)C3CC(C)(C)NC(C)(C)C3)nc(N(CCCC)C3CC(C)(C)NC(C)(C)C3)n2)COc2nc(N(CCCC)C3CC(C)(C)NC(C)(C)C3)nc(N(CCCC)C3CC(C)(C)NC(C)(C)C3)n2)nc(N(CCCC)C2CC(C)(C)NC(C)(C)C2)n1)C1CC(C)(C)NC(C)(C)C1. The van der Waals surface area contributed by atoms with Crippen LogP contribution in [-0.2, 0) is 0 Å². The summed E-state index contributed by atoms with van der Waals surface area (Å²) in [4.78, 5) is 65.7. The van der Waals surface area contributed by atoms with Gasteiger partial charge in [0.1, 0.15) is 19.8 Å². The van der Waals surface area contributed by atoms with Crippen molar-refractivity contribution in [1.82, 2.24) is 76.8 Å². The molecule has 6 saturated heterocycles. The molecular weight excluding hydrogens is 1450 g/mol. The zero-order valence-corrected chi connectivity index (χ0v) is 79.7. The van der Waals surface area contributed by atoms with Crippen molar-refractivity contribution < 1.29 is 14.2 Å². The summed E-state index contributed by atoms with van der Waals surface area (Å²) >= 11 is 0. The van der Waals surface area contributed by atoms with Crippen LogP contribution in [0.4, 0.5) is 35.7 Å². The Kier molecular flexibility index (Phi) is 30.5. The number of rotatable bonds is 39. The molecule has 116 heavy (non-hydrogen) atoms. The molecule has 0 bridgehead atoms. The fourth-order valence-electron chi connectivity index (χ4n) is 22.4. The van der Waals surface area contributed by atoms with E-state index in [4.69, 9.17) is 59.1 Å². The maximum absolute atomic E-state index is 7.51. The number of aromatic nitrogens is 9. The quantitative estimate of drug-likeness (QED) is 0.0311. The predicted molar refractivity (Wildman–Crippen MR) is 483 cm³/mol. The van der Waals surface area contributed by atoms with E-state index in [1.807, 2.05) is 0 Å². The summed E-state index contributed by atoms with van der Waals surface area (Å²) in [6, 6.07) is 1.65. The normalized spacial score (nSPS) is 23.0. The Bertz CT molecular complexity index is 2940. The number of anilines is 6. The standard InChI is InChI=1S/C92H171N21O3/c1-32-38-44-108(65-50-80(7,8)102-81(9,10)51-65)71-93-72(109(45-39-33-2)66-52-82(11,12)103-83(13,14)53-66)97-77(96-71)114-62-92(31,63-115-78-98-73(110(46-40-34-3)67-54-84(15,16)104-85(17,18)55-67)94-74(99-78)111(47-41-35-4)68-56-86(19,20)105-87(21,22)57-68)64-116-79-100-75(112(48-42-36-5)69-58-88(23,24)106-89(25,26)59-69)95-76(101-79)113(49-43-37-6)70-60-90(27,28)107-91(29,30)61-70/h65-70,102-107H,32-64H2,1-31H3. The number of ether oxygens (including phenoxy) is 3. The van der Waals surface area contributed by atoms with E-state index in [-0.39, 0.29) is 141 Å². The summed E-state index contributed by atoms with van der Waals surface area (Å²) in [6.45, 7) is 77.1. The van der Waals surface area contributed by atoms with E-state index in [9.17, 15) is 0 Å². The summed E-state index contributed by atoms with van der Waals surface area (Å²) in [6.07, 6.45) is 23.1. The highest BCUT2D eigenvalue weighted by atomic mass is 16.5. The van der Waals surface area contributed by atoms with E-state index >= 15 is 0 Å².